The van der Waals surface area contributed by atoms with Crippen LogP contribution in [0.25, 0.3) is 53.6 Å². The van der Waals surface area contributed by atoms with Crippen LogP contribution in [0.3, 0.4) is 0 Å². The van der Waals surface area contributed by atoms with Crippen LogP contribution in [0.1, 0.15) is 0 Å². The first-order chi connectivity index (χ1) is 21.8. The zero-order valence-corrected chi connectivity index (χ0v) is 24.9. The van der Waals surface area contributed by atoms with Crippen LogP contribution in [0.5, 0.6) is 0 Å². The van der Waals surface area contributed by atoms with Crippen LogP contribution in [0, 0.1) is 0 Å². The van der Waals surface area contributed by atoms with E-state index in [2.05, 4.69) is 181 Å². The van der Waals surface area contributed by atoms with E-state index in [1.807, 2.05) is 11.3 Å². The molecular formula is C42H29NS. The standard InChI is InChI=1S/C42H29NS/c1-3-9-30(10-4-1)32-17-23-37(24-18-32)43(38-25-19-33(20-26-38)31-11-5-2-6-12-31)39-27-21-35(22-28-39)41-29-36-16-15-34-13-7-8-14-40(34)42(36)44-41/h1-29H. The molecule has 208 valence electrons. The summed E-state index contributed by atoms with van der Waals surface area (Å²) in [6, 6.07) is 63.3. The van der Waals surface area contributed by atoms with Crippen LogP contribution in [-0.2, 0) is 0 Å². The summed E-state index contributed by atoms with van der Waals surface area (Å²) in [5, 5.41) is 3.91. The smallest absolute Gasteiger partial charge is 0.0462 e. The van der Waals surface area contributed by atoms with Crippen molar-refractivity contribution >= 4 is 49.3 Å². The van der Waals surface area contributed by atoms with E-state index < -0.39 is 0 Å². The summed E-state index contributed by atoms with van der Waals surface area (Å²) in [4.78, 5) is 3.63. The molecule has 0 aliphatic carbocycles. The van der Waals surface area contributed by atoms with Crippen LogP contribution in [0.2, 0.25) is 0 Å². The second kappa shape index (κ2) is 11.3. The molecule has 0 amide bonds. The fraction of sp³-hybridized carbons (Fsp3) is 0. The van der Waals surface area contributed by atoms with Crippen LogP contribution in [0.15, 0.2) is 176 Å². The van der Waals surface area contributed by atoms with E-state index >= 15 is 0 Å². The zero-order chi connectivity index (χ0) is 29.3. The van der Waals surface area contributed by atoms with Gasteiger partial charge in [0.05, 0.1) is 0 Å². The van der Waals surface area contributed by atoms with Crippen LogP contribution >= 0.6 is 11.3 Å². The van der Waals surface area contributed by atoms with E-state index in [4.69, 9.17) is 0 Å². The molecule has 0 atom stereocenters. The van der Waals surface area contributed by atoms with E-state index in [1.54, 1.807) is 0 Å². The highest BCUT2D eigenvalue weighted by atomic mass is 32.1. The largest absolute Gasteiger partial charge is 0.311 e. The molecule has 7 aromatic carbocycles. The molecule has 44 heavy (non-hydrogen) atoms. The monoisotopic (exact) mass is 579 g/mol. The summed E-state index contributed by atoms with van der Waals surface area (Å²) in [6.07, 6.45) is 0. The second-order valence-corrected chi connectivity index (χ2v) is 12.1. The van der Waals surface area contributed by atoms with Gasteiger partial charge in [-0.2, -0.15) is 0 Å². The molecule has 1 heterocycles. The molecule has 0 unspecified atom stereocenters. The average molecular weight is 580 g/mol. The first-order valence-electron chi connectivity index (χ1n) is 14.9. The van der Waals surface area contributed by atoms with Gasteiger partial charge in [0.15, 0.2) is 0 Å². The summed E-state index contributed by atoms with van der Waals surface area (Å²) in [7, 11) is 0. The van der Waals surface area contributed by atoms with Crippen molar-refractivity contribution in [1.82, 2.24) is 0 Å². The number of anilines is 3. The Balaban J connectivity index is 1.17. The SMILES string of the molecule is c1ccc(-c2ccc(N(c3ccc(-c4ccccc4)cc3)c3ccc(-c4cc5ccc6ccccc6c5s4)cc3)cc2)cc1. The van der Waals surface area contributed by atoms with Gasteiger partial charge in [-0.3, -0.25) is 0 Å². The van der Waals surface area contributed by atoms with Gasteiger partial charge < -0.3 is 4.90 Å². The molecule has 0 aliphatic heterocycles. The lowest BCUT2D eigenvalue weighted by atomic mass is 10.0. The Morgan fingerprint density at radius 3 is 1.32 bits per heavy atom. The maximum atomic E-state index is 2.34. The number of hydrogen-bond donors (Lipinski definition) is 0. The third-order valence-electron chi connectivity index (χ3n) is 8.28. The summed E-state index contributed by atoms with van der Waals surface area (Å²) in [6.45, 7) is 0. The van der Waals surface area contributed by atoms with Gasteiger partial charge in [0.25, 0.3) is 0 Å². The van der Waals surface area contributed by atoms with Gasteiger partial charge in [0.1, 0.15) is 0 Å². The van der Waals surface area contributed by atoms with E-state index in [0.29, 0.717) is 0 Å². The lowest BCUT2D eigenvalue weighted by Gasteiger charge is -2.26. The molecule has 0 radical (unpaired) electrons. The van der Waals surface area contributed by atoms with Crippen molar-refractivity contribution in [3.05, 3.63) is 176 Å². The molecule has 0 N–H and O–H groups in total. The zero-order valence-electron chi connectivity index (χ0n) is 24.1. The maximum Gasteiger partial charge on any atom is 0.0462 e. The normalized spacial score (nSPS) is 11.2. The highest BCUT2D eigenvalue weighted by Crippen LogP contribution is 2.40. The minimum absolute atomic E-state index is 1.12. The Morgan fingerprint density at radius 2 is 0.773 bits per heavy atom. The fourth-order valence-electron chi connectivity index (χ4n) is 6.00. The Hall–Kier alpha value is -5.44. The maximum absolute atomic E-state index is 2.34. The molecule has 2 heteroatoms. The third kappa shape index (κ3) is 4.96. The molecule has 0 saturated carbocycles. The minimum atomic E-state index is 1.12. The molecule has 8 rings (SSSR count). The van der Waals surface area contributed by atoms with E-state index in [-0.39, 0.29) is 0 Å². The van der Waals surface area contributed by atoms with Crippen molar-refractivity contribution in [1.29, 1.82) is 0 Å². The van der Waals surface area contributed by atoms with Crippen molar-refractivity contribution in [3.63, 3.8) is 0 Å². The van der Waals surface area contributed by atoms with Gasteiger partial charge in [-0.05, 0) is 86.4 Å². The van der Waals surface area contributed by atoms with Gasteiger partial charge in [0, 0.05) is 26.6 Å². The fourth-order valence-corrected chi connectivity index (χ4v) is 7.20. The molecule has 0 saturated heterocycles. The van der Waals surface area contributed by atoms with E-state index in [9.17, 15) is 0 Å². The Morgan fingerprint density at radius 1 is 0.341 bits per heavy atom. The molecule has 1 aromatic heterocycles. The van der Waals surface area contributed by atoms with Crippen molar-refractivity contribution in [2.45, 2.75) is 0 Å². The predicted octanol–water partition coefficient (Wildman–Crippen LogP) is 12.5. The number of nitrogens with zero attached hydrogens (tertiary/aromatic N) is 1. The summed E-state index contributed by atoms with van der Waals surface area (Å²) in [5.41, 5.74) is 9.47. The molecule has 8 aromatic rings. The second-order valence-electron chi connectivity index (χ2n) is 11.0. The number of rotatable bonds is 6. The van der Waals surface area contributed by atoms with Crippen LogP contribution in [-0.4, -0.2) is 0 Å². The lowest BCUT2D eigenvalue weighted by Crippen LogP contribution is -2.09. The number of fused-ring (bicyclic) bond motifs is 3. The van der Waals surface area contributed by atoms with E-state index in [1.165, 1.54) is 53.6 Å². The molecule has 0 spiro atoms. The topological polar surface area (TPSA) is 3.24 Å². The van der Waals surface area contributed by atoms with Crippen LogP contribution < -0.4 is 4.90 Å². The summed E-state index contributed by atoms with van der Waals surface area (Å²) < 4.78 is 1.35. The Kier molecular flexibility index (Phi) is 6.75. The molecule has 1 nitrogen and oxygen atoms in total. The summed E-state index contributed by atoms with van der Waals surface area (Å²) in [5.74, 6) is 0. The lowest BCUT2D eigenvalue weighted by molar-refractivity contribution is 1.28. The number of thiophene rings is 1. The van der Waals surface area contributed by atoms with Gasteiger partial charge >= 0.3 is 0 Å². The predicted molar refractivity (Wildman–Crippen MR) is 190 cm³/mol. The molecule has 0 aliphatic rings. The molecular weight excluding hydrogens is 551 g/mol. The molecule has 0 fully saturated rings. The first-order valence-corrected chi connectivity index (χ1v) is 15.7. The Labute approximate surface area is 261 Å². The van der Waals surface area contributed by atoms with Crippen molar-refractivity contribution < 1.29 is 0 Å². The highest BCUT2D eigenvalue weighted by Gasteiger charge is 2.15. The van der Waals surface area contributed by atoms with Gasteiger partial charge in [0.2, 0.25) is 0 Å². The van der Waals surface area contributed by atoms with Crippen molar-refractivity contribution in [2.75, 3.05) is 4.90 Å². The van der Waals surface area contributed by atoms with E-state index in [0.717, 1.165) is 17.1 Å². The average Bonchev–Trinajstić information content (AvgIpc) is 3.55. The molecule has 0 bridgehead atoms. The number of benzene rings is 7. The third-order valence-corrected chi connectivity index (χ3v) is 9.52. The Bertz CT molecular complexity index is 2100. The van der Waals surface area contributed by atoms with Gasteiger partial charge in [-0.15, -0.1) is 11.3 Å². The quantitative estimate of drug-likeness (QED) is 0.189. The van der Waals surface area contributed by atoms with Crippen molar-refractivity contribution in [3.8, 4) is 32.7 Å². The van der Waals surface area contributed by atoms with Crippen LogP contribution in [0.4, 0.5) is 17.1 Å². The number of hydrogen-bond acceptors (Lipinski definition) is 2. The highest BCUT2D eigenvalue weighted by molar-refractivity contribution is 7.23. The van der Waals surface area contributed by atoms with Gasteiger partial charge in [-0.1, -0.05) is 133 Å². The summed E-state index contributed by atoms with van der Waals surface area (Å²) >= 11 is 1.87. The first kappa shape index (κ1) is 26.2. The van der Waals surface area contributed by atoms with Gasteiger partial charge in [-0.25, -0.2) is 0 Å². The van der Waals surface area contributed by atoms with Crippen molar-refractivity contribution in [2.24, 2.45) is 0 Å². The minimum Gasteiger partial charge on any atom is -0.311 e.